The standard InChI is InChI=1S/C35H41N7O4/c1-6-21-9-8-10-22(7-2)29(21)38-33(43)32-26-13-11-24-20-36-35(39-30(24)31(26)40-46-32)37-27-14-12-23(19-28(27)45-5)34(44)42-17-15-25(16-18-42)41(3)4/h8-10,12,14,19-20,25H,6-7,11,13,15-18H2,1-5H3,(H,38,43)(H,36,37,39). The van der Waals surface area contributed by atoms with Crippen molar-refractivity contribution in [1.82, 2.24) is 24.9 Å². The Hall–Kier alpha value is -4.77. The highest BCUT2D eigenvalue weighted by Crippen LogP contribution is 2.36. The van der Waals surface area contributed by atoms with Gasteiger partial charge < -0.3 is 29.7 Å². The van der Waals surface area contributed by atoms with E-state index in [1.54, 1.807) is 25.4 Å². The summed E-state index contributed by atoms with van der Waals surface area (Å²) < 4.78 is 11.3. The highest BCUT2D eigenvalue weighted by Gasteiger charge is 2.30. The van der Waals surface area contributed by atoms with Gasteiger partial charge in [0.05, 0.1) is 12.8 Å². The summed E-state index contributed by atoms with van der Waals surface area (Å²) in [5.74, 6) is 0.731. The normalized spacial score (nSPS) is 14.5. The van der Waals surface area contributed by atoms with Crippen LogP contribution in [-0.2, 0) is 25.7 Å². The van der Waals surface area contributed by atoms with E-state index >= 15 is 0 Å². The highest BCUT2D eigenvalue weighted by atomic mass is 16.5. The summed E-state index contributed by atoms with van der Waals surface area (Å²) in [6.45, 7) is 5.60. The van der Waals surface area contributed by atoms with Gasteiger partial charge in [-0.05, 0) is 87.5 Å². The van der Waals surface area contributed by atoms with Crippen LogP contribution < -0.4 is 15.4 Å². The van der Waals surface area contributed by atoms with E-state index in [4.69, 9.17) is 14.2 Å². The summed E-state index contributed by atoms with van der Waals surface area (Å²) in [6.07, 6.45) is 6.54. The number of amides is 2. The average Bonchev–Trinajstić information content (AvgIpc) is 3.53. The van der Waals surface area contributed by atoms with Crippen LogP contribution in [0.3, 0.4) is 0 Å². The van der Waals surface area contributed by atoms with E-state index in [1.165, 1.54) is 0 Å². The molecular formula is C35H41N7O4. The molecule has 0 unspecified atom stereocenters. The number of carbonyl (C=O) groups excluding carboxylic acids is 2. The molecule has 46 heavy (non-hydrogen) atoms. The summed E-state index contributed by atoms with van der Waals surface area (Å²) in [5.41, 5.74) is 7.01. The van der Waals surface area contributed by atoms with Crippen molar-refractivity contribution >= 4 is 29.1 Å². The van der Waals surface area contributed by atoms with E-state index in [1.807, 2.05) is 29.2 Å². The monoisotopic (exact) mass is 623 g/mol. The Balaban J connectivity index is 1.20. The van der Waals surface area contributed by atoms with Gasteiger partial charge in [0.25, 0.3) is 11.8 Å². The number of nitrogens with zero attached hydrogens (tertiary/aromatic N) is 5. The summed E-state index contributed by atoms with van der Waals surface area (Å²) in [5, 5.41) is 10.6. The van der Waals surface area contributed by atoms with E-state index in [9.17, 15) is 9.59 Å². The first kappa shape index (κ1) is 31.2. The minimum atomic E-state index is -0.318. The topological polar surface area (TPSA) is 126 Å². The van der Waals surface area contributed by atoms with Crippen LogP contribution in [-0.4, -0.2) is 77.1 Å². The molecule has 0 radical (unpaired) electrons. The van der Waals surface area contributed by atoms with Crippen LogP contribution in [0.25, 0.3) is 11.4 Å². The van der Waals surface area contributed by atoms with Gasteiger partial charge in [-0.15, -0.1) is 0 Å². The third-order valence-electron chi connectivity index (χ3n) is 9.14. The lowest BCUT2D eigenvalue weighted by molar-refractivity contribution is 0.0663. The number of rotatable bonds is 9. The molecule has 0 saturated carbocycles. The third kappa shape index (κ3) is 6.06. The molecule has 11 nitrogen and oxygen atoms in total. The number of fused-ring (bicyclic) bond motifs is 3. The van der Waals surface area contributed by atoms with Crippen molar-refractivity contribution in [3.8, 4) is 17.1 Å². The van der Waals surface area contributed by atoms with Gasteiger partial charge in [-0.25, -0.2) is 9.97 Å². The number of anilines is 3. The molecule has 240 valence electrons. The first-order chi connectivity index (χ1) is 22.3. The number of carbonyl (C=O) groups is 2. The molecule has 1 saturated heterocycles. The number of aryl methyl sites for hydroxylation is 3. The number of benzene rings is 2. The lowest BCUT2D eigenvalue weighted by Crippen LogP contribution is -2.44. The zero-order chi connectivity index (χ0) is 32.4. The minimum Gasteiger partial charge on any atom is -0.495 e. The molecule has 1 fully saturated rings. The van der Waals surface area contributed by atoms with E-state index in [0.29, 0.717) is 53.2 Å². The Morgan fingerprint density at radius 2 is 1.78 bits per heavy atom. The van der Waals surface area contributed by atoms with Crippen molar-refractivity contribution in [2.24, 2.45) is 0 Å². The molecule has 4 aromatic rings. The molecule has 2 N–H and O–H groups in total. The number of piperidine rings is 1. The van der Waals surface area contributed by atoms with Crippen LogP contribution in [0.5, 0.6) is 5.75 Å². The number of para-hydroxylation sites is 1. The lowest BCUT2D eigenvalue weighted by Gasteiger charge is -2.35. The molecule has 0 atom stereocenters. The molecule has 11 heteroatoms. The number of hydrogen-bond acceptors (Lipinski definition) is 9. The van der Waals surface area contributed by atoms with Gasteiger partial charge in [0.2, 0.25) is 11.7 Å². The lowest BCUT2D eigenvalue weighted by atomic mass is 9.93. The van der Waals surface area contributed by atoms with Gasteiger partial charge in [-0.1, -0.05) is 37.2 Å². The maximum atomic E-state index is 13.5. The molecule has 2 aliphatic rings. The van der Waals surface area contributed by atoms with Crippen LogP contribution >= 0.6 is 0 Å². The Morgan fingerprint density at radius 1 is 1.04 bits per heavy atom. The molecule has 3 heterocycles. The highest BCUT2D eigenvalue weighted by molar-refractivity contribution is 6.05. The number of aromatic nitrogens is 3. The minimum absolute atomic E-state index is 0.00501. The van der Waals surface area contributed by atoms with Crippen molar-refractivity contribution in [3.05, 3.63) is 76.2 Å². The first-order valence-electron chi connectivity index (χ1n) is 16.0. The predicted octanol–water partition coefficient (Wildman–Crippen LogP) is 5.53. The van der Waals surface area contributed by atoms with Crippen LogP contribution in [0.4, 0.5) is 17.3 Å². The number of hydrogen-bond donors (Lipinski definition) is 2. The molecular weight excluding hydrogens is 582 g/mol. The second kappa shape index (κ2) is 13.3. The van der Waals surface area contributed by atoms with Crippen LogP contribution in [0.2, 0.25) is 0 Å². The van der Waals surface area contributed by atoms with Gasteiger partial charge in [0.1, 0.15) is 17.1 Å². The average molecular weight is 624 g/mol. The number of ether oxygens (including phenoxy) is 1. The quantitative estimate of drug-likeness (QED) is 0.248. The molecule has 2 aromatic heterocycles. The fourth-order valence-electron chi connectivity index (χ4n) is 6.41. The van der Waals surface area contributed by atoms with Crippen molar-refractivity contribution in [1.29, 1.82) is 0 Å². The van der Waals surface area contributed by atoms with Crippen molar-refractivity contribution < 1.29 is 18.8 Å². The summed E-state index contributed by atoms with van der Waals surface area (Å²) in [7, 11) is 5.74. The van der Waals surface area contributed by atoms with Crippen molar-refractivity contribution in [2.75, 3.05) is 44.9 Å². The second-order valence-corrected chi connectivity index (χ2v) is 12.0. The predicted molar refractivity (Wildman–Crippen MR) is 177 cm³/mol. The zero-order valence-corrected chi connectivity index (χ0v) is 27.1. The molecule has 0 bridgehead atoms. The molecule has 2 aromatic carbocycles. The fourth-order valence-corrected chi connectivity index (χ4v) is 6.41. The summed E-state index contributed by atoms with van der Waals surface area (Å²) >= 11 is 0. The Bertz CT molecular complexity index is 1740. The number of methoxy groups -OCH3 is 1. The van der Waals surface area contributed by atoms with Crippen LogP contribution in [0, 0.1) is 0 Å². The first-order valence-corrected chi connectivity index (χ1v) is 16.0. The molecule has 1 aliphatic carbocycles. The van der Waals surface area contributed by atoms with Gasteiger partial charge >= 0.3 is 0 Å². The SMILES string of the molecule is CCc1cccc(CC)c1NC(=O)c1onc2c1CCc1cnc(Nc3ccc(C(=O)N4CCC(N(C)C)CC4)cc3OC)nc1-2. The molecule has 1 aliphatic heterocycles. The van der Waals surface area contributed by atoms with Gasteiger partial charge in [0, 0.05) is 42.1 Å². The molecule has 0 spiro atoms. The van der Waals surface area contributed by atoms with E-state index in [-0.39, 0.29) is 17.6 Å². The number of likely N-dealkylation sites (tertiary alicyclic amines) is 1. The van der Waals surface area contributed by atoms with Gasteiger partial charge in [-0.2, -0.15) is 0 Å². The maximum Gasteiger partial charge on any atom is 0.294 e. The van der Waals surface area contributed by atoms with Gasteiger partial charge in [0.15, 0.2) is 0 Å². The molecule has 6 rings (SSSR count). The van der Waals surface area contributed by atoms with Crippen molar-refractivity contribution in [3.63, 3.8) is 0 Å². The van der Waals surface area contributed by atoms with E-state index in [0.717, 1.165) is 66.7 Å². The second-order valence-electron chi connectivity index (χ2n) is 12.0. The third-order valence-corrected chi connectivity index (χ3v) is 9.14. The zero-order valence-electron chi connectivity index (χ0n) is 27.1. The Labute approximate surface area is 269 Å². The Kier molecular flexibility index (Phi) is 9.03. The number of nitrogens with one attached hydrogen (secondary N) is 2. The van der Waals surface area contributed by atoms with E-state index < -0.39 is 0 Å². The maximum absolute atomic E-state index is 13.5. The van der Waals surface area contributed by atoms with E-state index in [2.05, 4.69) is 53.6 Å². The Morgan fingerprint density at radius 3 is 2.46 bits per heavy atom. The van der Waals surface area contributed by atoms with Gasteiger partial charge in [-0.3, -0.25) is 9.59 Å². The fraction of sp³-hybridized carbons (Fsp3) is 0.400. The van der Waals surface area contributed by atoms with Crippen LogP contribution in [0.15, 0.2) is 47.1 Å². The summed E-state index contributed by atoms with van der Waals surface area (Å²) in [6, 6.07) is 11.9. The largest absolute Gasteiger partial charge is 0.495 e. The smallest absolute Gasteiger partial charge is 0.294 e. The summed E-state index contributed by atoms with van der Waals surface area (Å²) in [4.78, 5) is 40.2. The molecule has 2 amide bonds. The van der Waals surface area contributed by atoms with Crippen molar-refractivity contribution in [2.45, 2.75) is 58.4 Å². The van der Waals surface area contributed by atoms with Crippen LogP contribution in [0.1, 0.15) is 69.9 Å².